The molecule has 1 fully saturated rings. The van der Waals surface area contributed by atoms with Gasteiger partial charge in [-0.05, 0) is 39.2 Å². The zero-order valence-electron chi connectivity index (χ0n) is 11.0. The highest BCUT2D eigenvalue weighted by atomic mass is 15.2. The van der Waals surface area contributed by atoms with Gasteiger partial charge >= 0.3 is 0 Å². The van der Waals surface area contributed by atoms with Crippen molar-refractivity contribution in [3.63, 3.8) is 0 Å². The zero-order valence-corrected chi connectivity index (χ0v) is 11.0. The fourth-order valence-electron chi connectivity index (χ4n) is 2.44. The number of rotatable bonds is 4. The molecule has 0 radical (unpaired) electrons. The van der Waals surface area contributed by atoms with Gasteiger partial charge in [-0.3, -0.25) is 0 Å². The van der Waals surface area contributed by atoms with Gasteiger partial charge in [0.05, 0.1) is 0 Å². The number of likely N-dealkylation sites (tertiary alicyclic amines) is 1. The number of hydrogen-bond acceptors (Lipinski definition) is 4. The van der Waals surface area contributed by atoms with Crippen molar-refractivity contribution in [3.8, 4) is 0 Å². The van der Waals surface area contributed by atoms with Gasteiger partial charge in [0.1, 0.15) is 12.1 Å². The maximum absolute atomic E-state index is 4.35. The Kier molecular flexibility index (Phi) is 3.94. The van der Waals surface area contributed by atoms with E-state index in [1.807, 2.05) is 7.05 Å². The molecule has 1 aliphatic rings. The van der Waals surface area contributed by atoms with E-state index in [2.05, 4.69) is 40.1 Å². The molecule has 1 N–H and O–H groups in total. The molecule has 1 aromatic heterocycles. The van der Waals surface area contributed by atoms with Crippen LogP contribution in [-0.4, -0.2) is 41.0 Å². The molecule has 0 spiro atoms. The van der Waals surface area contributed by atoms with E-state index in [0.717, 1.165) is 23.9 Å². The number of anilines is 1. The quantitative estimate of drug-likeness (QED) is 0.862. The summed E-state index contributed by atoms with van der Waals surface area (Å²) in [6.45, 7) is 6.97. The molecule has 2 rings (SSSR count). The zero-order chi connectivity index (χ0) is 12.3. The van der Waals surface area contributed by atoms with E-state index >= 15 is 0 Å². The number of nitrogens with one attached hydrogen (secondary N) is 1. The normalized spacial score (nSPS) is 21.1. The molecule has 0 saturated carbocycles. The lowest BCUT2D eigenvalue weighted by molar-refractivity contribution is 0.265. The molecule has 0 aromatic carbocycles. The second kappa shape index (κ2) is 5.45. The van der Waals surface area contributed by atoms with Crippen LogP contribution in [0.5, 0.6) is 0 Å². The predicted octanol–water partition coefficient (Wildman–Crippen LogP) is 1.79. The van der Waals surface area contributed by atoms with Gasteiger partial charge in [0, 0.05) is 31.4 Å². The number of hydrogen-bond donors (Lipinski definition) is 1. The fraction of sp³-hybridized carbons (Fsp3) is 0.692. The van der Waals surface area contributed by atoms with Gasteiger partial charge in [0.2, 0.25) is 0 Å². The average Bonchev–Trinajstić information content (AvgIpc) is 2.78. The minimum atomic E-state index is 0.665. The molecule has 17 heavy (non-hydrogen) atoms. The van der Waals surface area contributed by atoms with E-state index in [0.29, 0.717) is 6.04 Å². The van der Waals surface area contributed by atoms with Crippen LogP contribution in [0.1, 0.15) is 26.0 Å². The lowest BCUT2D eigenvalue weighted by atomic mass is 10.0. The molecule has 1 saturated heterocycles. The molecule has 2 heterocycles. The van der Waals surface area contributed by atoms with Crippen LogP contribution in [0, 0.1) is 5.92 Å². The molecular formula is C13H22N4. The van der Waals surface area contributed by atoms with Crippen molar-refractivity contribution in [2.45, 2.75) is 32.7 Å². The van der Waals surface area contributed by atoms with Crippen molar-refractivity contribution >= 4 is 5.82 Å². The highest BCUT2D eigenvalue weighted by Gasteiger charge is 2.24. The topological polar surface area (TPSA) is 41.0 Å². The van der Waals surface area contributed by atoms with E-state index in [1.54, 1.807) is 6.33 Å². The largest absolute Gasteiger partial charge is 0.373 e. The summed E-state index contributed by atoms with van der Waals surface area (Å²) in [5.41, 5.74) is 1.15. The van der Waals surface area contributed by atoms with Crippen LogP contribution >= 0.6 is 0 Å². The van der Waals surface area contributed by atoms with Crippen LogP contribution in [0.3, 0.4) is 0 Å². The Hall–Kier alpha value is -1.16. The molecule has 0 amide bonds. The summed E-state index contributed by atoms with van der Waals surface area (Å²) in [4.78, 5) is 11.0. The van der Waals surface area contributed by atoms with Crippen molar-refractivity contribution in [1.82, 2.24) is 14.9 Å². The maximum Gasteiger partial charge on any atom is 0.129 e. The lowest BCUT2D eigenvalue weighted by Gasteiger charge is -2.20. The lowest BCUT2D eigenvalue weighted by Crippen LogP contribution is -2.28. The highest BCUT2D eigenvalue weighted by Crippen LogP contribution is 2.22. The van der Waals surface area contributed by atoms with Crippen LogP contribution in [0.25, 0.3) is 0 Å². The molecule has 0 bridgehead atoms. The van der Waals surface area contributed by atoms with Gasteiger partial charge in [-0.1, -0.05) is 0 Å². The molecule has 94 valence electrons. The van der Waals surface area contributed by atoms with E-state index in [-0.39, 0.29) is 0 Å². The molecule has 1 aromatic rings. The van der Waals surface area contributed by atoms with Crippen molar-refractivity contribution in [1.29, 1.82) is 0 Å². The summed E-state index contributed by atoms with van der Waals surface area (Å²) in [6, 6.07) is 2.72. The molecule has 1 aliphatic heterocycles. The Balaban J connectivity index is 1.93. The third-order valence-electron chi connectivity index (χ3n) is 3.53. The van der Waals surface area contributed by atoms with Gasteiger partial charge in [0.15, 0.2) is 0 Å². The first kappa shape index (κ1) is 12.3. The number of nitrogens with zero attached hydrogens (tertiary/aromatic N) is 3. The molecular weight excluding hydrogens is 212 g/mol. The van der Waals surface area contributed by atoms with Crippen LogP contribution in [0.4, 0.5) is 5.82 Å². The predicted molar refractivity (Wildman–Crippen MR) is 70.1 cm³/mol. The first-order chi connectivity index (χ1) is 8.19. The van der Waals surface area contributed by atoms with Crippen LogP contribution in [0.2, 0.25) is 0 Å². The Bertz CT molecular complexity index is 364. The Morgan fingerprint density at radius 1 is 1.47 bits per heavy atom. The smallest absolute Gasteiger partial charge is 0.129 e. The maximum atomic E-state index is 4.35. The van der Waals surface area contributed by atoms with Crippen LogP contribution in [0.15, 0.2) is 12.4 Å². The summed E-state index contributed by atoms with van der Waals surface area (Å²) >= 11 is 0. The minimum absolute atomic E-state index is 0.665. The summed E-state index contributed by atoms with van der Waals surface area (Å²) in [5.74, 6) is 1.66. The molecule has 0 aliphatic carbocycles. The molecule has 1 unspecified atom stereocenters. The molecule has 1 atom stereocenters. The fourth-order valence-corrected chi connectivity index (χ4v) is 2.44. The SMILES string of the molecule is CNc1cc(CC2CCN(C(C)C)C2)ncn1. The van der Waals surface area contributed by atoms with Crippen molar-refractivity contribution in [3.05, 3.63) is 18.1 Å². The monoisotopic (exact) mass is 234 g/mol. The van der Waals surface area contributed by atoms with Gasteiger partial charge in [0.25, 0.3) is 0 Å². The molecule has 4 nitrogen and oxygen atoms in total. The number of aromatic nitrogens is 2. The Morgan fingerprint density at radius 2 is 2.29 bits per heavy atom. The molecule has 4 heteroatoms. The first-order valence-electron chi connectivity index (χ1n) is 6.41. The second-order valence-electron chi connectivity index (χ2n) is 5.09. The van der Waals surface area contributed by atoms with Crippen molar-refractivity contribution < 1.29 is 0 Å². The van der Waals surface area contributed by atoms with Crippen molar-refractivity contribution in [2.75, 3.05) is 25.5 Å². The Labute approximate surface area is 103 Å². The highest BCUT2D eigenvalue weighted by molar-refractivity contribution is 5.33. The van der Waals surface area contributed by atoms with E-state index < -0.39 is 0 Å². The van der Waals surface area contributed by atoms with Crippen LogP contribution < -0.4 is 5.32 Å². The van der Waals surface area contributed by atoms with Gasteiger partial charge in [-0.25, -0.2) is 9.97 Å². The first-order valence-corrected chi connectivity index (χ1v) is 6.41. The van der Waals surface area contributed by atoms with Gasteiger partial charge < -0.3 is 10.2 Å². The summed E-state index contributed by atoms with van der Waals surface area (Å²) < 4.78 is 0. The summed E-state index contributed by atoms with van der Waals surface area (Å²) in [6.07, 6.45) is 4.01. The van der Waals surface area contributed by atoms with Gasteiger partial charge in [-0.15, -0.1) is 0 Å². The third-order valence-corrected chi connectivity index (χ3v) is 3.53. The Morgan fingerprint density at radius 3 is 2.94 bits per heavy atom. The van der Waals surface area contributed by atoms with E-state index in [1.165, 1.54) is 19.5 Å². The summed E-state index contributed by atoms with van der Waals surface area (Å²) in [7, 11) is 1.89. The van der Waals surface area contributed by atoms with E-state index in [9.17, 15) is 0 Å². The third kappa shape index (κ3) is 3.16. The van der Waals surface area contributed by atoms with Gasteiger partial charge in [-0.2, -0.15) is 0 Å². The average molecular weight is 234 g/mol. The summed E-state index contributed by atoms with van der Waals surface area (Å²) in [5, 5.41) is 3.06. The van der Waals surface area contributed by atoms with E-state index in [4.69, 9.17) is 0 Å². The minimum Gasteiger partial charge on any atom is -0.373 e. The second-order valence-corrected chi connectivity index (χ2v) is 5.09. The van der Waals surface area contributed by atoms with Crippen LogP contribution in [-0.2, 0) is 6.42 Å². The standard InChI is InChI=1S/C13H22N4/c1-10(2)17-5-4-11(8-17)6-12-7-13(14-3)16-9-15-12/h7,9-11H,4-6,8H2,1-3H3,(H,14,15,16). The van der Waals surface area contributed by atoms with Crippen molar-refractivity contribution in [2.24, 2.45) is 5.92 Å².